The standard InChI is InChI=1S/C21H27N3O2S/c1-25-18-9-5-16(6-10-18)20(24-13-3-4-14-24)15-22-21(27)23-17-7-11-19(26-2)12-8-17/h5-12,20H,3-4,13-15H2,1-2H3,(H2,22,23,27)/p+1/t20-/m0/s1. The molecular formula is C21H28N3O2S+. The molecular weight excluding hydrogens is 358 g/mol. The van der Waals surface area contributed by atoms with Gasteiger partial charge in [-0.25, -0.2) is 0 Å². The molecule has 0 saturated carbocycles. The molecule has 0 aromatic heterocycles. The fourth-order valence-corrected chi connectivity index (χ4v) is 3.76. The van der Waals surface area contributed by atoms with Gasteiger partial charge in [-0.15, -0.1) is 0 Å². The Morgan fingerprint density at radius 2 is 1.52 bits per heavy atom. The van der Waals surface area contributed by atoms with E-state index in [1.165, 1.54) is 31.5 Å². The molecule has 0 unspecified atom stereocenters. The number of likely N-dealkylation sites (tertiary alicyclic amines) is 1. The van der Waals surface area contributed by atoms with Crippen LogP contribution in [-0.4, -0.2) is 39.0 Å². The van der Waals surface area contributed by atoms with Crippen LogP contribution in [0.3, 0.4) is 0 Å². The van der Waals surface area contributed by atoms with Crippen molar-refractivity contribution >= 4 is 23.0 Å². The first-order valence-corrected chi connectivity index (χ1v) is 9.78. The van der Waals surface area contributed by atoms with Crippen LogP contribution in [0, 0.1) is 0 Å². The highest BCUT2D eigenvalue weighted by molar-refractivity contribution is 7.80. The number of hydrogen-bond acceptors (Lipinski definition) is 3. The van der Waals surface area contributed by atoms with E-state index in [4.69, 9.17) is 21.7 Å². The van der Waals surface area contributed by atoms with Gasteiger partial charge in [0.1, 0.15) is 17.5 Å². The fraction of sp³-hybridized carbons (Fsp3) is 0.381. The topological polar surface area (TPSA) is 47.0 Å². The number of nitrogens with one attached hydrogen (secondary N) is 3. The molecule has 1 saturated heterocycles. The third kappa shape index (κ3) is 5.34. The molecule has 0 spiro atoms. The predicted octanol–water partition coefficient (Wildman–Crippen LogP) is 2.41. The molecule has 5 nitrogen and oxygen atoms in total. The quantitative estimate of drug-likeness (QED) is 0.638. The van der Waals surface area contributed by atoms with Gasteiger partial charge in [-0.2, -0.15) is 0 Å². The maximum atomic E-state index is 5.50. The lowest BCUT2D eigenvalue weighted by Crippen LogP contribution is -3.11. The summed E-state index contributed by atoms with van der Waals surface area (Å²) in [6.07, 6.45) is 2.58. The first-order valence-electron chi connectivity index (χ1n) is 9.37. The van der Waals surface area contributed by atoms with Gasteiger partial charge in [0.25, 0.3) is 0 Å². The minimum absolute atomic E-state index is 0.369. The molecule has 0 radical (unpaired) electrons. The van der Waals surface area contributed by atoms with Crippen molar-refractivity contribution in [3.8, 4) is 11.5 Å². The summed E-state index contributed by atoms with van der Waals surface area (Å²) >= 11 is 5.50. The summed E-state index contributed by atoms with van der Waals surface area (Å²) in [6, 6.07) is 16.5. The van der Waals surface area contributed by atoms with Crippen LogP contribution >= 0.6 is 12.2 Å². The number of benzene rings is 2. The Bertz CT molecular complexity index is 728. The molecule has 1 fully saturated rings. The molecule has 1 aliphatic heterocycles. The number of anilines is 1. The number of quaternary nitrogens is 1. The minimum Gasteiger partial charge on any atom is -0.497 e. The lowest BCUT2D eigenvalue weighted by atomic mass is 10.1. The van der Waals surface area contributed by atoms with E-state index in [0.717, 1.165) is 23.7 Å². The van der Waals surface area contributed by atoms with Gasteiger partial charge in [-0.05, 0) is 60.7 Å². The third-order valence-corrected chi connectivity index (χ3v) is 5.32. The normalized spacial score (nSPS) is 15.2. The summed E-state index contributed by atoms with van der Waals surface area (Å²) in [5, 5.41) is 7.28. The van der Waals surface area contributed by atoms with Crippen molar-refractivity contribution in [2.24, 2.45) is 0 Å². The number of methoxy groups -OCH3 is 2. The molecule has 2 aromatic carbocycles. The number of thiocarbonyl (C=S) groups is 1. The molecule has 2 aromatic rings. The van der Waals surface area contributed by atoms with Crippen LogP contribution in [0.1, 0.15) is 24.4 Å². The van der Waals surface area contributed by atoms with E-state index >= 15 is 0 Å². The van der Waals surface area contributed by atoms with Gasteiger partial charge in [0.05, 0.1) is 33.9 Å². The largest absolute Gasteiger partial charge is 0.497 e. The lowest BCUT2D eigenvalue weighted by Gasteiger charge is -2.26. The summed E-state index contributed by atoms with van der Waals surface area (Å²) in [4.78, 5) is 1.61. The maximum absolute atomic E-state index is 5.50. The van der Waals surface area contributed by atoms with Crippen molar-refractivity contribution < 1.29 is 14.4 Å². The average Bonchev–Trinajstić information content (AvgIpc) is 3.24. The Labute approximate surface area is 166 Å². The molecule has 1 aliphatic rings. The van der Waals surface area contributed by atoms with Gasteiger partial charge in [-0.3, -0.25) is 0 Å². The van der Waals surface area contributed by atoms with E-state index in [9.17, 15) is 0 Å². The maximum Gasteiger partial charge on any atom is 0.171 e. The van der Waals surface area contributed by atoms with Crippen molar-refractivity contribution in [1.29, 1.82) is 0 Å². The first-order chi connectivity index (χ1) is 13.2. The Morgan fingerprint density at radius 3 is 2.07 bits per heavy atom. The number of rotatable bonds is 7. The Hall–Kier alpha value is -2.31. The van der Waals surface area contributed by atoms with Crippen molar-refractivity contribution in [3.05, 3.63) is 54.1 Å². The third-order valence-electron chi connectivity index (χ3n) is 5.07. The highest BCUT2D eigenvalue weighted by Gasteiger charge is 2.27. The van der Waals surface area contributed by atoms with Crippen LogP contribution in [-0.2, 0) is 0 Å². The Balaban J connectivity index is 1.61. The highest BCUT2D eigenvalue weighted by atomic mass is 32.1. The molecule has 1 atom stereocenters. The summed E-state index contributed by atoms with van der Waals surface area (Å²) < 4.78 is 10.5. The van der Waals surface area contributed by atoms with E-state index < -0.39 is 0 Å². The first kappa shape index (κ1) is 19.5. The van der Waals surface area contributed by atoms with Crippen LogP contribution in [0.25, 0.3) is 0 Å². The van der Waals surface area contributed by atoms with Crippen molar-refractivity contribution in [1.82, 2.24) is 5.32 Å². The number of ether oxygens (including phenoxy) is 2. The summed E-state index contributed by atoms with van der Waals surface area (Å²) in [5.41, 5.74) is 2.26. The van der Waals surface area contributed by atoms with E-state index in [1.807, 2.05) is 36.4 Å². The zero-order valence-corrected chi connectivity index (χ0v) is 16.8. The average molecular weight is 387 g/mol. The predicted molar refractivity (Wildman–Crippen MR) is 113 cm³/mol. The smallest absolute Gasteiger partial charge is 0.171 e. The van der Waals surface area contributed by atoms with Crippen molar-refractivity contribution in [2.45, 2.75) is 18.9 Å². The minimum atomic E-state index is 0.369. The van der Waals surface area contributed by atoms with E-state index in [-0.39, 0.29) is 0 Å². The van der Waals surface area contributed by atoms with E-state index in [1.54, 1.807) is 19.1 Å². The molecule has 0 aliphatic carbocycles. The van der Waals surface area contributed by atoms with Crippen LogP contribution < -0.4 is 25.0 Å². The summed E-state index contributed by atoms with van der Waals surface area (Å²) in [6.45, 7) is 3.21. The van der Waals surface area contributed by atoms with Gasteiger partial charge in [-0.1, -0.05) is 0 Å². The lowest BCUT2D eigenvalue weighted by molar-refractivity contribution is -0.918. The Morgan fingerprint density at radius 1 is 0.963 bits per heavy atom. The number of hydrogen-bond donors (Lipinski definition) is 3. The highest BCUT2D eigenvalue weighted by Crippen LogP contribution is 2.17. The molecule has 3 rings (SSSR count). The SMILES string of the molecule is COc1ccc(NC(=S)NC[C@@H](c2ccc(OC)cc2)[NH+]2CCCC2)cc1. The van der Waals surface area contributed by atoms with Gasteiger partial charge >= 0.3 is 0 Å². The van der Waals surface area contributed by atoms with Crippen LogP contribution in [0.5, 0.6) is 11.5 Å². The molecule has 1 heterocycles. The van der Waals surface area contributed by atoms with Gasteiger partial charge < -0.3 is 25.0 Å². The zero-order valence-electron chi connectivity index (χ0n) is 16.0. The molecule has 3 N–H and O–H groups in total. The van der Waals surface area contributed by atoms with Crippen LogP contribution in [0.4, 0.5) is 5.69 Å². The molecule has 0 bridgehead atoms. The van der Waals surface area contributed by atoms with Crippen molar-refractivity contribution in [2.75, 3.05) is 39.2 Å². The van der Waals surface area contributed by atoms with E-state index in [0.29, 0.717) is 11.2 Å². The summed E-state index contributed by atoms with van der Waals surface area (Å²) in [5.74, 6) is 1.72. The van der Waals surface area contributed by atoms with Crippen LogP contribution in [0.2, 0.25) is 0 Å². The van der Waals surface area contributed by atoms with Gasteiger partial charge in [0, 0.05) is 24.1 Å². The summed E-state index contributed by atoms with van der Waals surface area (Å²) in [7, 11) is 3.36. The fourth-order valence-electron chi connectivity index (χ4n) is 3.56. The zero-order chi connectivity index (χ0) is 19.1. The molecule has 27 heavy (non-hydrogen) atoms. The second-order valence-corrected chi connectivity index (χ2v) is 7.16. The molecule has 0 amide bonds. The van der Waals surface area contributed by atoms with Gasteiger partial charge in [0.2, 0.25) is 0 Å². The van der Waals surface area contributed by atoms with Crippen molar-refractivity contribution in [3.63, 3.8) is 0 Å². The van der Waals surface area contributed by atoms with Gasteiger partial charge in [0.15, 0.2) is 5.11 Å². The Kier molecular flexibility index (Phi) is 6.90. The molecule has 144 valence electrons. The second kappa shape index (κ2) is 9.58. The van der Waals surface area contributed by atoms with E-state index in [2.05, 4.69) is 22.8 Å². The molecule has 6 heteroatoms. The van der Waals surface area contributed by atoms with Crippen LogP contribution in [0.15, 0.2) is 48.5 Å². The monoisotopic (exact) mass is 386 g/mol. The second-order valence-electron chi connectivity index (χ2n) is 6.75.